The van der Waals surface area contributed by atoms with Gasteiger partial charge in [0.15, 0.2) is 5.11 Å². The molecule has 0 aromatic heterocycles. The summed E-state index contributed by atoms with van der Waals surface area (Å²) in [5, 5.41) is 6.90. The highest BCUT2D eigenvalue weighted by Gasteiger charge is 2.10. The molecule has 0 amide bonds. The lowest BCUT2D eigenvalue weighted by molar-refractivity contribution is -0.0497. The standard InChI is InChI=1S/C15H12Cl2F2N2OS/c1-8-10(16)3-2-4-12(8)21-15(23)20-9-5-6-13(11(17)7-9)22-14(18)19/h2-7,14H,1H3,(H2,20,21,23). The van der Waals surface area contributed by atoms with Gasteiger partial charge in [-0.15, -0.1) is 0 Å². The summed E-state index contributed by atoms with van der Waals surface area (Å²) < 4.78 is 28.6. The normalized spacial score (nSPS) is 10.5. The Balaban J connectivity index is 2.05. The van der Waals surface area contributed by atoms with Gasteiger partial charge in [-0.1, -0.05) is 29.3 Å². The van der Waals surface area contributed by atoms with Gasteiger partial charge >= 0.3 is 6.61 Å². The van der Waals surface area contributed by atoms with Crippen LogP contribution in [0.25, 0.3) is 0 Å². The molecule has 23 heavy (non-hydrogen) atoms. The fourth-order valence-electron chi connectivity index (χ4n) is 1.80. The van der Waals surface area contributed by atoms with Crippen molar-refractivity contribution in [2.45, 2.75) is 13.5 Å². The molecule has 0 aliphatic rings. The summed E-state index contributed by atoms with van der Waals surface area (Å²) in [7, 11) is 0. The van der Waals surface area contributed by atoms with Crippen molar-refractivity contribution < 1.29 is 13.5 Å². The molecule has 2 rings (SSSR count). The van der Waals surface area contributed by atoms with Crippen molar-refractivity contribution in [1.29, 1.82) is 0 Å². The molecule has 0 bridgehead atoms. The molecule has 0 spiro atoms. The molecule has 0 saturated carbocycles. The first-order chi connectivity index (χ1) is 10.9. The average molecular weight is 377 g/mol. The Morgan fingerprint density at radius 3 is 2.52 bits per heavy atom. The summed E-state index contributed by atoms with van der Waals surface area (Å²) >= 11 is 17.1. The highest BCUT2D eigenvalue weighted by atomic mass is 35.5. The Morgan fingerprint density at radius 1 is 1.13 bits per heavy atom. The molecule has 0 aliphatic heterocycles. The molecule has 2 aromatic rings. The zero-order valence-electron chi connectivity index (χ0n) is 11.9. The minimum Gasteiger partial charge on any atom is -0.433 e. The molecule has 0 atom stereocenters. The number of benzene rings is 2. The van der Waals surface area contributed by atoms with E-state index >= 15 is 0 Å². The van der Waals surface area contributed by atoms with E-state index < -0.39 is 6.61 Å². The Hall–Kier alpha value is -1.63. The number of halogens is 4. The number of alkyl halides is 2. The van der Waals surface area contributed by atoms with Crippen LogP contribution in [0.2, 0.25) is 10.0 Å². The molecule has 0 fully saturated rings. The third kappa shape index (κ3) is 4.92. The van der Waals surface area contributed by atoms with Gasteiger partial charge in [-0.2, -0.15) is 8.78 Å². The van der Waals surface area contributed by atoms with Crippen LogP contribution in [0.3, 0.4) is 0 Å². The number of anilines is 2. The van der Waals surface area contributed by atoms with Crippen LogP contribution in [0, 0.1) is 6.92 Å². The van der Waals surface area contributed by atoms with E-state index in [0.717, 1.165) is 11.3 Å². The lowest BCUT2D eigenvalue weighted by Gasteiger charge is -2.14. The highest BCUT2D eigenvalue weighted by Crippen LogP contribution is 2.29. The largest absolute Gasteiger partial charge is 0.433 e. The smallest absolute Gasteiger partial charge is 0.387 e. The van der Waals surface area contributed by atoms with Gasteiger partial charge in [0.1, 0.15) is 5.75 Å². The Bertz CT molecular complexity index is 729. The molecule has 0 unspecified atom stereocenters. The molecule has 2 aromatic carbocycles. The predicted octanol–water partition coefficient (Wildman–Crippen LogP) is 5.71. The van der Waals surface area contributed by atoms with Gasteiger partial charge in [-0.3, -0.25) is 0 Å². The van der Waals surface area contributed by atoms with Crippen LogP contribution < -0.4 is 15.4 Å². The fourth-order valence-corrected chi connectivity index (χ4v) is 2.43. The molecule has 0 heterocycles. The van der Waals surface area contributed by atoms with Crippen LogP contribution in [-0.4, -0.2) is 11.7 Å². The van der Waals surface area contributed by atoms with E-state index in [1.165, 1.54) is 18.2 Å². The van der Waals surface area contributed by atoms with Gasteiger partial charge in [0.05, 0.1) is 5.02 Å². The van der Waals surface area contributed by atoms with E-state index in [-0.39, 0.29) is 10.8 Å². The van der Waals surface area contributed by atoms with E-state index in [1.807, 2.05) is 13.0 Å². The maximum Gasteiger partial charge on any atom is 0.387 e. The summed E-state index contributed by atoms with van der Waals surface area (Å²) in [4.78, 5) is 0. The van der Waals surface area contributed by atoms with Crippen molar-refractivity contribution in [1.82, 2.24) is 0 Å². The summed E-state index contributed by atoms with van der Waals surface area (Å²) in [6.07, 6.45) is 0. The number of hydrogen-bond acceptors (Lipinski definition) is 2. The van der Waals surface area contributed by atoms with Crippen LogP contribution in [0.5, 0.6) is 5.75 Å². The molecule has 0 radical (unpaired) electrons. The van der Waals surface area contributed by atoms with Gasteiger partial charge in [0.2, 0.25) is 0 Å². The number of nitrogens with one attached hydrogen (secondary N) is 2. The van der Waals surface area contributed by atoms with Crippen LogP contribution in [-0.2, 0) is 0 Å². The highest BCUT2D eigenvalue weighted by molar-refractivity contribution is 7.80. The van der Waals surface area contributed by atoms with E-state index in [4.69, 9.17) is 35.4 Å². The predicted molar refractivity (Wildman–Crippen MR) is 94.1 cm³/mol. The van der Waals surface area contributed by atoms with E-state index in [9.17, 15) is 8.78 Å². The van der Waals surface area contributed by atoms with Gasteiger partial charge < -0.3 is 15.4 Å². The average Bonchev–Trinajstić information content (AvgIpc) is 2.46. The van der Waals surface area contributed by atoms with Crippen LogP contribution in [0.15, 0.2) is 36.4 Å². The monoisotopic (exact) mass is 376 g/mol. The van der Waals surface area contributed by atoms with E-state index in [1.54, 1.807) is 12.1 Å². The minimum atomic E-state index is -2.93. The summed E-state index contributed by atoms with van der Waals surface area (Å²) in [6.45, 7) is -1.07. The molecule has 3 nitrogen and oxygen atoms in total. The lowest BCUT2D eigenvalue weighted by atomic mass is 10.2. The van der Waals surface area contributed by atoms with Crippen molar-refractivity contribution in [2.75, 3.05) is 10.6 Å². The molecule has 122 valence electrons. The molecule has 2 N–H and O–H groups in total. The molecule has 8 heteroatoms. The topological polar surface area (TPSA) is 33.3 Å². The van der Waals surface area contributed by atoms with Crippen molar-refractivity contribution in [3.8, 4) is 5.75 Å². The quantitative estimate of drug-likeness (QED) is 0.669. The zero-order chi connectivity index (χ0) is 17.0. The summed E-state index contributed by atoms with van der Waals surface area (Å²) in [5.74, 6) is -0.100. The van der Waals surface area contributed by atoms with E-state index in [2.05, 4.69) is 15.4 Å². The first-order valence-corrected chi connectivity index (χ1v) is 7.60. The maximum atomic E-state index is 12.2. The molecular formula is C15H12Cl2F2N2OS. The Kier molecular flexibility index (Phi) is 5.98. The Morgan fingerprint density at radius 2 is 1.87 bits per heavy atom. The van der Waals surface area contributed by atoms with Gasteiger partial charge in [0.25, 0.3) is 0 Å². The van der Waals surface area contributed by atoms with Crippen molar-refractivity contribution in [2.24, 2.45) is 0 Å². The fraction of sp³-hybridized carbons (Fsp3) is 0.133. The zero-order valence-corrected chi connectivity index (χ0v) is 14.2. The second kappa shape index (κ2) is 7.77. The third-order valence-corrected chi connectivity index (χ3v) is 3.83. The van der Waals surface area contributed by atoms with E-state index in [0.29, 0.717) is 15.8 Å². The molecule has 0 aliphatic carbocycles. The van der Waals surface area contributed by atoms with Crippen LogP contribution in [0.1, 0.15) is 5.56 Å². The van der Waals surface area contributed by atoms with Gasteiger partial charge in [-0.05, 0) is 55.0 Å². The van der Waals surface area contributed by atoms with Crippen LogP contribution in [0.4, 0.5) is 20.2 Å². The Labute approximate surface area is 147 Å². The van der Waals surface area contributed by atoms with Crippen molar-refractivity contribution in [3.05, 3.63) is 52.0 Å². The number of hydrogen-bond donors (Lipinski definition) is 2. The number of ether oxygens (including phenoxy) is 1. The first-order valence-electron chi connectivity index (χ1n) is 6.44. The summed E-state index contributed by atoms with van der Waals surface area (Å²) in [6, 6.07) is 9.72. The van der Waals surface area contributed by atoms with Crippen molar-refractivity contribution in [3.63, 3.8) is 0 Å². The number of rotatable bonds is 4. The number of thiocarbonyl (C=S) groups is 1. The first kappa shape index (κ1) is 17.7. The minimum absolute atomic E-state index is 0.0528. The SMILES string of the molecule is Cc1c(Cl)cccc1NC(=S)Nc1ccc(OC(F)F)c(Cl)c1. The summed E-state index contributed by atoms with van der Waals surface area (Å²) in [5.41, 5.74) is 2.16. The van der Waals surface area contributed by atoms with Crippen molar-refractivity contribution >= 4 is 51.9 Å². The van der Waals surface area contributed by atoms with Crippen LogP contribution >= 0.6 is 35.4 Å². The second-order valence-electron chi connectivity index (χ2n) is 4.52. The maximum absolute atomic E-state index is 12.2. The van der Waals surface area contributed by atoms with Gasteiger partial charge in [0, 0.05) is 16.4 Å². The third-order valence-electron chi connectivity index (χ3n) is 2.92. The lowest BCUT2D eigenvalue weighted by Crippen LogP contribution is -2.19. The molecule has 0 saturated heterocycles. The molecular weight excluding hydrogens is 365 g/mol. The second-order valence-corrected chi connectivity index (χ2v) is 5.74. The van der Waals surface area contributed by atoms with Gasteiger partial charge in [-0.25, -0.2) is 0 Å².